The molecule has 0 fully saturated rings. The zero-order valence-electron chi connectivity index (χ0n) is 20.7. The lowest BCUT2D eigenvalue weighted by Crippen LogP contribution is -2.17. The van der Waals surface area contributed by atoms with Crippen molar-refractivity contribution in [1.82, 2.24) is 0 Å². The maximum atomic E-state index is 8.63. The third-order valence-electron chi connectivity index (χ3n) is 5.55. The van der Waals surface area contributed by atoms with E-state index in [2.05, 4.69) is 66.7 Å². The van der Waals surface area contributed by atoms with Gasteiger partial charge in [-0.25, -0.2) is 0 Å². The molecule has 30 heavy (non-hydrogen) atoms. The van der Waals surface area contributed by atoms with Crippen LogP contribution < -0.4 is 0 Å². The first-order valence-corrected chi connectivity index (χ1v) is 11.9. The maximum absolute atomic E-state index is 8.63. The number of benzene rings is 2. The normalized spacial score (nSPS) is 11.7. The van der Waals surface area contributed by atoms with Crippen molar-refractivity contribution in [3.05, 3.63) is 65.2 Å². The Morgan fingerprint density at radius 1 is 0.633 bits per heavy atom. The van der Waals surface area contributed by atoms with Gasteiger partial charge in [0.15, 0.2) is 0 Å². The Labute approximate surface area is 186 Å². The van der Waals surface area contributed by atoms with E-state index in [1.165, 1.54) is 68.1 Å². The zero-order chi connectivity index (χ0) is 22.6. The van der Waals surface area contributed by atoms with Crippen molar-refractivity contribution in [3.63, 3.8) is 0 Å². The second-order valence-corrected chi connectivity index (χ2v) is 10.6. The van der Waals surface area contributed by atoms with Gasteiger partial charge in [0, 0.05) is 0 Å². The first kappa shape index (κ1) is 26.3. The summed E-state index contributed by atoms with van der Waals surface area (Å²) in [6, 6.07) is 16.0. The predicted octanol–water partition coefficient (Wildman–Crippen LogP) is 8.97. The van der Waals surface area contributed by atoms with Crippen LogP contribution in [0.25, 0.3) is 0 Å². The Morgan fingerprint density at radius 3 is 1.50 bits per heavy atom. The largest absolute Gasteiger partial charge is 0.508 e. The molecule has 0 amide bonds. The van der Waals surface area contributed by atoms with E-state index in [0.29, 0.717) is 5.75 Å². The van der Waals surface area contributed by atoms with Crippen LogP contribution >= 0.6 is 0 Å². The van der Waals surface area contributed by atoms with Gasteiger partial charge in [0.1, 0.15) is 5.75 Å². The van der Waals surface area contributed by atoms with Crippen molar-refractivity contribution in [2.45, 2.75) is 111 Å². The minimum Gasteiger partial charge on any atom is -0.508 e. The molecule has 0 heterocycles. The summed E-state index contributed by atoms with van der Waals surface area (Å²) >= 11 is 0. The number of phenolic OH excluding ortho intramolecular Hbond substituents is 1. The Kier molecular flexibility index (Phi) is 11.2. The average molecular weight is 411 g/mol. The van der Waals surface area contributed by atoms with E-state index < -0.39 is 0 Å². The summed E-state index contributed by atoms with van der Waals surface area (Å²) in [6.45, 7) is 16.2. The number of para-hydroxylation sites is 1. The summed E-state index contributed by atoms with van der Waals surface area (Å²) in [5.74, 6) is 0.322. The third kappa shape index (κ3) is 10.9. The minimum atomic E-state index is 0.232. The minimum absolute atomic E-state index is 0.232. The highest BCUT2D eigenvalue weighted by Crippen LogP contribution is 2.30. The van der Waals surface area contributed by atoms with Gasteiger partial charge in [-0.1, -0.05) is 123 Å². The molecule has 2 aromatic carbocycles. The van der Waals surface area contributed by atoms with E-state index in [4.69, 9.17) is 5.11 Å². The molecule has 0 unspecified atom stereocenters. The van der Waals surface area contributed by atoms with Gasteiger partial charge in [-0.05, 0) is 52.5 Å². The van der Waals surface area contributed by atoms with Crippen LogP contribution in [0.3, 0.4) is 0 Å². The van der Waals surface area contributed by atoms with Gasteiger partial charge in [-0.2, -0.15) is 0 Å². The summed E-state index contributed by atoms with van der Waals surface area (Å²) < 4.78 is 0. The molecule has 168 valence electrons. The number of rotatable bonds is 8. The summed E-state index contributed by atoms with van der Waals surface area (Å²) in [5.41, 5.74) is 4.98. The molecule has 0 spiro atoms. The van der Waals surface area contributed by atoms with Crippen LogP contribution in [0.2, 0.25) is 0 Å². The van der Waals surface area contributed by atoms with Crippen LogP contribution in [-0.2, 0) is 17.3 Å². The lowest BCUT2D eigenvalue weighted by molar-refractivity contribution is 0.475. The monoisotopic (exact) mass is 410 g/mol. The SMILES string of the molecule is CCCCCCCCCc1cc(C(C)(C)C)cc(C(C)(C)C)c1.Oc1ccccc1. The molecule has 1 heteroatoms. The second kappa shape index (κ2) is 12.8. The number of aryl methyl sites for hydroxylation is 1. The van der Waals surface area contributed by atoms with Crippen molar-refractivity contribution < 1.29 is 5.11 Å². The first-order chi connectivity index (χ1) is 14.0. The third-order valence-corrected chi connectivity index (χ3v) is 5.55. The summed E-state index contributed by atoms with van der Waals surface area (Å²) in [5, 5.41) is 8.63. The van der Waals surface area contributed by atoms with Crippen LogP contribution in [0.1, 0.15) is 110 Å². The van der Waals surface area contributed by atoms with Gasteiger partial charge in [0.2, 0.25) is 0 Å². The summed E-state index contributed by atoms with van der Waals surface area (Å²) in [6.07, 6.45) is 11.0. The Balaban J connectivity index is 0.000000539. The van der Waals surface area contributed by atoms with Gasteiger partial charge in [0.05, 0.1) is 0 Å². The molecule has 0 aliphatic heterocycles. The fourth-order valence-electron chi connectivity index (χ4n) is 3.42. The van der Waals surface area contributed by atoms with Gasteiger partial charge in [0.25, 0.3) is 0 Å². The molecule has 1 nitrogen and oxygen atoms in total. The summed E-state index contributed by atoms with van der Waals surface area (Å²) in [4.78, 5) is 0. The Bertz CT molecular complexity index is 669. The number of aromatic hydroxyl groups is 1. The molecule has 0 atom stereocenters. The van der Waals surface area contributed by atoms with Crippen LogP contribution in [0.4, 0.5) is 0 Å². The molecule has 0 saturated heterocycles. The molecule has 0 bridgehead atoms. The number of phenols is 1. The van der Waals surface area contributed by atoms with Gasteiger partial charge in [-0.3, -0.25) is 0 Å². The summed E-state index contributed by atoms with van der Waals surface area (Å²) in [7, 11) is 0. The average Bonchev–Trinajstić information content (AvgIpc) is 2.67. The quantitative estimate of drug-likeness (QED) is 0.430. The maximum Gasteiger partial charge on any atom is 0.115 e. The molecule has 2 aromatic rings. The number of unbranched alkanes of at least 4 members (excludes halogenated alkanes) is 6. The highest BCUT2D eigenvalue weighted by molar-refractivity contribution is 5.37. The lowest BCUT2D eigenvalue weighted by Gasteiger charge is -2.26. The van der Waals surface area contributed by atoms with Gasteiger partial charge < -0.3 is 5.11 Å². The van der Waals surface area contributed by atoms with E-state index in [0.717, 1.165) is 0 Å². The molecular formula is C29H46O. The lowest BCUT2D eigenvalue weighted by atomic mass is 9.79. The topological polar surface area (TPSA) is 20.2 Å². The van der Waals surface area contributed by atoms with E-state index >= 15 is 0 Å². The second-order valence-electron chi connectivity index (χ2n) is 10.6. The van der Waals surface area contributed by atoms with E-state index in [1.807, 2.05) is 6.07 Å². The van der Waals surface area contributed by atoms with Crippen LogP contribution in [0.5, 0.6) is 5.75 Å². The molecular weight excluding hydrogens is 364 g/mol. The molecule has 0 aliphatic carbocycles. The fraction of sp³-hybridized carbons (Fsp3) is 0.586. The molecule has 0 radical (unpaired) electrons. The zero-order valence-corrected chi connectivity index (χ0v) is 20.7. The molecule has 0 aliphatic rings. The molecule has 2 rings (SSSR count). The van der Waals surface area contributed by atoms with E-state index in [9.17, 15) is 0 Å². The van der Waals surface area contributed by atoms with Crippen molar-refractivity contribution in [3.8, 4) is 5.75 Å². The molecule has 0 saturated carbocycles. The van der Waals surface area contributed by atoms with Crippen LogP contribution in [0.15, 0.2) is 48.5 Å². The molecule has 0 aromatic heterocycles. The van der Waals surface area contributed by atoms with Crippen LogP contribution in [-0.4, -0.2) is 5.11 Å². The highest BCUT2D eigenvalue weighted by atomic mass is 16.3. The fourth-order valence-corrected chi connectivity index (χ4v) is 3.42. The van der Waals surface area contributed by atoms with Crippen molar-refractivity contribution >= 4 is 0 Å². The van der Waals surface area contributed by atoms with Gasteiger partial charge in [-0.15, -0.1) is 0 Å². The van der Waals surface area contributed by atoms with E-state index in [1.54, 1.807) is 24.3 Å². The van der Waals surface area contributed by atoms with Crippen molar-refractivity contribution in [2.24, 2.45) is 0 Å². The number of hydrogen-bond donors (Lipinski definition) is 1. The standard InChI is InChI=1S/C23H40.C6H6O/c1-8-9-10-11-12-13-14-15-19-16-20(22(2,3)4)18-21(17-19)23(5,6)7;7-6-4-2-1-3-5-6/h16-18H,8-15H2,1-7H3;1-5,7H. The Morgan fingerprint density at radius 2 is 1.10 bits per heavy atom. The molecule has 1 N–H and O–H groups in total. The highest BCUT2D eigenvalue weighted by Gasteiger charge is 2.20. The predicted molar refractivity (Wildman–Crippen MR) is 134 cm³/mol. The first-order valence-electron chi connectivity index (χ1n) is 11.9. The Hall–Kier alpha value is -1.76. The van der Waals surface area contributed by atoms with Gasteiger partial charge >= 0.3 is 0 Å². The van der Waals surface area contributed by atoms with Crippen molar-refractivity contribution in [2.75, 3.05) is 0 Å². The number of hydrogen-bond acceptors (Lipinski definition) is 1. The van der Waals surface area contributed by atoms with E-state index in [-0.39, 0.29) is 10.8 Å². The van der Waals surface area contributed by atoms with Crippen molar-refractivity contribution in [1.29, 1.82) is 0 Å². The smallest absolute Gasteiger partial charge is 0.115 e. The van der Waals surface area contributed by atoms with Crippen LogP contribution in [0, 0.1) is 0 Å².